The molecule has 7 heteroatoms. The molecular formula is C16H18O7. The van der Waals surface area contributed by atoms with Crippen molar-refractivity contribution in [2.75, 3.05) is 13.2 Å². The second kappa shape index (κ2) is 8.70. The molecule has 1 aromatic rings. The summed E-state index contributed by atoms with van der Waals surface area (Å²) in [5.74, 6) is -2.23. The number of aliphatic hydroxyl groups is 1. The number of aliphatic hydroxyl groups excluding tert-OH is 1. The van der Waals surface area contributed by atoms with Crippen LogP contribution in [0.2, 0.25) is 0 Å². The van der Waals surface area contributed by atoms with E-state index >= 15 is 0 Å². The highest BCUT2D eigenvalue weighted by molar-refractivity contribution is 5.90. The molecule has 0 amide bonds. The summed E-state index contributed by atoms with van der Waals surface area (Å²) in [7, 11) is 0. The lowest BCUT2D eigenvalue weighted by Crippen LogP contribution is -2.31. The number of ether oxygens (including phenoxy) is 3. The van der Waals surface area contributed by atoms with E-state index < -0.39 is 30.6 Å². The quantitative estimate of drug-likeness (QED) is 0.458. The molecule has 0 aliphatic heterocycles. The van der Waals surface area contributed by atoms with Gasteiger partial charge in [-0.15, -0.1) is 0 Å². The zero-order valence-electron chi connectivity index (χ0n) is 12.9. The van der Waals surface area contributed by atoms with Crippen molar-refractivity contribution in [3.63, 3.8) is 0 Å². The highest BCUT2D eigenvalue weighted by Crippen LogP contribution is 2.15. The van der Waals surface area contributed by atoms with E-state index in [1.165, 1.54) is 31.2 Å². The molecule has 1 aromatic carbocycles. The first kappa shape index (κ1) is 18.4. The number of rotatable bonds is 7. The van der Waals surface area contributed by atoms with Gasteiger partial charge in [-0.25, -0.2) is 14.4 Å². The van der Waals surface area contributed by atoms with Gasteiger partial charge in [-0.1, -0.05) is 12.6 Å². The van der Waals surface area contributed by atoms with Crippen molar-refractivity contribution >= 4 is 17.9 Å². The molecule has 23 heavy (non-hydrogen) atoms. The molecule has 1 atom stereocenters. The Balaban J connectivity index is 2.63. The number of esters is 3. The molecule has 1 rings (SSSR count). The first-order chi connectivity index (χ1) is 10.8. The van der Waals surface area contributed by atoms with Gasteiger partial charge in [0.15, 0.2) is 6.10 Å². The van der Waals surface area contributed by atoms with Crippen LogP contribution in [-0.4, -0.2) is 42.3 Å². The number of carbonyl (C=O) groups is 3. The molecule has 0 heterocycles. The Hall–Kier alpha value is -2.67. The Morgan fingerprint density at radius 1 is 1.26 bits per heavy atom. The summed E-state index contributed by atoms with van der Waals surface area (Å²) in [5.41, 5.74) is 0.355. The fourth-order valence-electron chi connectivity index (χ4n) is 1.43. The highest BCUT2D eigenvalue weighted by atomic mass is 16.6. The molecule has 124 valence electrons. The standard InChI is InChI=1S/C16H18O7/c1-4-21-15(19)11-6-5-7-12(8-11)23-16(20)13(17)9-22-14(18)10(2)3/h5-8,13,17H,2,4,9H2,1,3H3. The van der Waals surface area contributed by atoms with Gasteiger partial charge in [0.25, 0.3) is 0 Å². The SMILES string of the molecule is C=C(C)C(=O)OCC(O)C(=O)Oc1cccc(C(=O)OCC)c1. The van der Waals surface area contributed by atoms with Gasteiger partial charge in [-0.3, -0.25) is 0 Å². The minimum atomic E-state index is -1.65. The summed E-state index contributed by atoms with van der Waals surface area (Å²) in [4.78, 5) is 34.5. The van der Waals surface area contributed by atoms with Gasteiger partial charge in [-0.2, -0.15) is 0 Å². The van der Waals surface area contributed by atoms with Crippen molar-refractivity contribution in [3.8, 4) is 5.75 Å². The number of hydrogen-bond donors (Lipinski definition) is 1. The maximum Gasteiger partial charge on any atom is 0.343 e. The van der Waals surface area contributed by atoms with Crippen LogP contribution in [-0.2, 0) is 19.1 Å². The van der Waals surface area contributed by atoms with Crippen molar-refractivity contribution < 1.29 is 33.7 Å². The summed E-state index contributed by atoms with van der Waals surface area (Å²) in [6.07, 6.45) is -1.65. The Morgan fingerprint density at radius 3 is 2.57 bits per heavy atom. The highest BCUT2D eigenvalue weighted by Gasteiger charge is 2.20. The number of benzene rings is 1. The predicted molar refractivity (Wildman–Crippen MR) is 79.8 cm³/mol. The average Bonchev–Trinajstić information content (AvgIpc) is 2.52. The summed E-state index contributed by atoms with van der Waals surface area (Å²) in [6, 6.07) is 5.75. The molecule has 0 saturated carbocycles. The van der Waals surface area contributed by atoms with Crippen LogP contribution in [0.1, 0.15) is 24.2 Å². The first-order valence-corrected chi connectivity index (χ1v) is 6.84. The lowest BCUT2D eigenvalue weighted by molar-refractivity contribution is -0.152. The van der Waals surface area contributed by atoms with E-state index in [-0.39, 0.29) is 23.5 Å². The van der Waals surface area contributed by atoms with Crippen LogP contribution in [0.15, 0.2) is 36.4 Å². The largest absolute Gasteiger partial charge is 0.462 e. The lowest BCUT2D eigenvalue weighted by Gasteiger charge is -2.11. The third kappa shape index (κ3) is 5.91. The Morgan fingerprint density at radius 2 is 1.96 bits per heavy atom. The topological polar surface area (TPSA) is 99.1 Å². The van der Waals surface area contributed by atoms with Crippen LogP contribution in [0.4, 0.5) is 0 Å². The fourth-order valence-corrected chi connectivity index (χ4v) is 1.43. The van der Waals surface area contributed by atoms with Crippen molar-refractivity contribution in [2.45, 2.75) is 20.0 Å². The van der Waals surface area contributed by atoms with Gasteiger partial charge in [0.05, 0.1) is 12.2 Å². The second-order valence-electron chi connectivity index (χ2n) is 4.56. The fraction of sp³-hybridized carbons (Fsp3) is 0.312. The first-order valence-electron chi connectivity index (χ1n) is 6.84. The lowest BCUT2D eigenvalue weighted by atomic mass is 10.2. The maximum atomic E-state index is 11.7. The molecule has 0 aliphatic rings. The molecule has 0 fully saturated rings. The molecular weight excluding hydrogens is 304 g/mol. The van der Waals surface area contributed by atoms with Crippen LogP contribution < -0.4 is 4.74 Å². The van der Waals surface area contributed by atoms with Crippen molar-refractivity contribution in [1.29, 1.82) is 0 Å². The zero-order chi connectivity index (χ0) is 17.4. The third-order valence-electron chi connectivity index (χ3n) is 2.56. The van der Waals surface area contributed by atoms with Gasteiger partial charge in [-0.05, 0) is 32.0 Å². The van der Waals surface area contributed by atoms with Crippen molar-refractivity contribution in [3.05, 3.63) is 42.0 Å². The minimum Gasteiger partial charge on any atom is -0.462 e. The molecule has 0 spiro atoms. The van der Waals surface area contributed by atoms with Crippen molar-refractivity contribution in [1.82, 2.24) is 0 Å². The molecule has 1 N–H and O–H groups in total. The van der Waals surface area contributed by atoms with E-state index in [9.17, 15) is 19.5 Å². The van der Waals surface area contributed by atoms with Gasteiger partial charge in [0.1, 0.15) is 12.4 Å². The molecule has 0 aliphatic carbocycles. The molecule has 0 radical (unpaired) electrons. The van der Waals surface area contributed by atoms with E-state index in [0.717, 1.165) is 0 Å². The van der Waals surface area contributed by atoms with Crippen LogP contribution >= 0.6 is 0 Å². The third-order valence-corrected chi connectivity index (χ3v) is 2.56. The van der Waals surface area contributed by atoms with E-state index in [0.29, 0.717) is 0 Å². The number of hydrogen-bond acceptors (Lipinski definition) is 7. The normalized spacial score (nSPS) is 11.3. The van der Waals surface area contributed by atoms with Crippen LogP contribution in [0.25, 0.3) is 0 Å². The summed E-state index contributed by atoms with van der Waals surface area (Å²) in [6.45, 7) is 6.14. The molecule has 0 aromatic heterocycles. The maximum absolute atomic E-state index is 11.7. The summed E-state index contributed by atoms with van der Waals surface area (Å²) >= 11 is 0. The van der Waals surface area contributed by atoms with Gasteiger partial charge >= 0.3 is 17.9 Å². The van der Waals surface area contributed by atoms with Crippen molar-refractivity contribution in [2.24, 2.45) is 0 Å². The Kier molecular flexibility index (Phi) is 6.95. The van der Waals surface area contributed by atoms with Gasteiger partial charge < -0.3 is 19.3 Å². The number of carbonyl (C=O) groups excluding carboxylic acids is 3. The zero-order valence-corrected chi connectivity index (χ0v) is 12.9. The predicted octanol–water partition coefficient (Wildman–Crippen LogP) is 1.25. The van der Waals surface area contributed by atoms with E-state index in [1.807, 2.05) is 0 Å². The molecule has 1 unspecified atom stereocenters. The van der Waals surface area contributed by atoms with Crippen LogP contribution in [0, 0.1) is 0 Å². The summed E-state index contributed by atoms with van der Waals surface area (Å²) in [5, 5.41) is 9.60. The van der Waals surface area contributed by atoms with E-state index in [2.05, 4.69) is 11.3 Å². The monoisotopic (exact) mass is 322 g/mol. The summed E-state index contributed by atoms with van der Waals surface area (Å²) < 4.78 is 14.4. The Bertz CT molecular complexity index is 606. The smallest absolute Gasteiger partial charge is 0.343 e. The second-order valence-corrected chi connectivity index (χ2v) is 4.56. The van der Waals surface area contributed by atoms with E-state index in [1.54, 1.807) is 6.92 Å². The van der Waals surface area contributed by atoms with E-state index in [4.69, 9.17) is 9.47 Å². The Labute approximate surface area is 133 Å². The average molecular weight is 322 g/mol. The van der Waals surface area contributed by atoms with Gasteiger partial charge in [0.2, 0.25) is 0 Å². The van der Waals surface area contributed by atoms with Crippen LogP contribution in [0.5, 0.6) is 5.75 Å². The van der Waals surface area contributed by atoms with Gasteiger partial charge in [0, 0.05) is 5.57 Å². The molecule has 7 nitrogen and oxygen atoms in total. The van der Waals surface area contributed by atoms with Crippen LogP contribution in [0.3, 0.4) is 0 Å². The molecule has 0 bridgehead atoms. The minimum absolute atomic E-state index is 0.0610. The molecule has 0 saturated heterocycles.